The zero-order valence-corrected chi connectivity index (χ0v) is 17.8. The van der Waals surface area contributed by atoms with E-state index in [2.05, 4.69) is 26.1 Å². The van der Waals surface area contributed by atoms with Crippen LogP contribution in [0.25, 0.3) is 0 Å². The number of amides is 3. The van der Waals surface area contributed by atoms with Crippen molar-refractivity contribution in [1.82, 2.24) is 15.1 Å². The maximum absolute atomic E-state index is 13.3. The molecule has 0 spiro atoms. The maximum Gasteiger partial charge on any atom is 0.245 e. The number of nitrogens with one attached hydrogen (secondary N) is 1. The zero-order valence-electron chi connectivity index (χ0n) is 17.8. The van der Waals surface area contributed by atoms with E-state index in [1.165, 1.54) is 0 Å². The Morgan fingerprint density at radius 1 is 1.21 bits per heavy atom. The quantitative estimate of drug-likeness (QED) is 0.619. The predicted octanol–water partition coefficient (Wildman–Crippen LogP) is 1.51. The first kappa shape index (κ1) is 22.7. The molecule has 0 aromatic rings. The number of unbranched alkanes of at least 4 members (excludes halogenated alkanes) is 1. The van der Waals surface area contributed by atoms with Gasteiger partial charge in [0.05, 0.1) is 6.04 Å². The molecule has 28 heavy (non-hydrogen) atoms. The summed E-state index contributed by atoms with van der Waals surface area (Å²) >= 11 is 0. The van der Waals surface area contributed by atoms with Gasteiger partial charge in [-0.15, -0.1) is 0 Å². The lowest BCUT2D eigenvalue weighted by Crippen LogP contribution is -2.62. The van der Waals surface area contributed by atoms with Crippen molar-refractivity contribution < 1.29 is 14.4 Å². The van der Waals surface area contributed by atoms with Gasteiger partial charge in [-0.1, -0.05) is 33.6 Å². The molecule has 2 heterocycles. The van der Waals surface area contributed by atoms with Gasteiger partial charge in [-0.2, -0.15) is 0 Å². The molecular formula is C21H38N4O3. The van der Waals surface area contributed by atoms with Crippen LogP contribution in [0.3, 0.4) is 0 Å². The Labute approximate surface area is 169 Å². The lowest BCUT2D eigenvalue weighted by molar-refractivity contribution is -0.150. The molecule has 2 rings (SSSR count). The minimum atomic E-state index is -0.364. The van der Waals surface area contributed by atoms with E-state index < -0.39 is 0 Å². The van der Waals surface area contributed by atoms with E-state index >= 15 is 0 Å². The van der Waals surface area contributed by atoms with E-state index in [-0.39, 0.29) is 35.7 Å². The van der Waals surface area contributed by atoms with Crippen molar-refractivity contribution in [3.63, 3.8) is 0 Å². The second-order valence-electron chi connectivity index (χ2n) is 8.77. The molecule has 1 unspecified atom stereocenters. The first-order valence-electron chi connectivity index (χ1n) is 10.9. The third kappa shape index (κ3) is 6.19. The van der Waals surface area contributed by atoms with Crippen molar-refractivity contribution in [2.24, 2.45) is 17.6 Å². The number of nitrogens with zero attached hydrogens (tertiary/aromatic N) is 2. The van der Waals surface area contributed by atoms with Gasteiger partial charge in [0.25, 0.3) is 0 Å². The van der Waals surface area contributed by atoms with Gasteiger partial charge in [-0.25, -0.2) is 0 Å². The van der Waals surface area contributed by atoms with Crippen LogP contribution in [0, 0.1) is 11.8 Å². The molecule has 7 heteroatoms. The molecule has 0 bridgehead atoms. The lowest BCUT2D eigenvalue weighted by atomic mass is 9.92. The zero-order chi connectivity index (χ0) is 20.7. The van der Waals surface area contributed by atoms with Gasteiger partial charge in [-0.3, -0.25) is 14.4 Å². The molecule has 3 N–H and O–H groups in total. The van der Waals surface area contributed by atoms with E-state index in [1.54, 1.807) is 0 Å². The largest absolute Gasteiger partial charge is 0.370 e. The molecule has 0 aromatic heterocycles. The molecule has 0 radical (unpaired) electrons. The van der Waals surface area contributed by atoms with Crippen molar-refractivity contribution in [3.8, 4) is 0 Å². The van der Waals surface area contributed by atoms with Gasteiger partial charge >= 0.3 is 0 Å². The monoisotopic (exact) mass is 394 g/mol. The lowest BCUT2D eigenvalue weighted by Gasteiger charge is -2.41. The van der Waals surface area contributed by atoms with E-state index in [4.69, 9.17) is 5.73 Å². The average Bonchev–Trinajstić information content (AvgIpc) is 2.64. The second-order valence-corrected chi connectivity index (χ2v) is 8.77. The minimum absolute atomic E-state index is 0.0676. The molecule has 2 fully saturated rings. The molecule has 3 amide bonds. The Kier molecular flexibility index (Phi) is 8.73. The third-order valence-corrected chi connectivity index (χ3v) is 5.94. The number of hydrogen-bond donors (Lipinski definition) is 2. The summed E-state index contributed by atoms with van der Waals surface area (Å²) in [6.45, 7) is 8.96. The molecule has 160 valence electrons. The first-order chi connectivity index (χ1) is 13.3. The summed E-state index contributed by atoms with van der Waals surface area (Å²) in [6, 6.07) is -0.552. The standard InChI is InChI=1S/C21H38N4O3/c1-4-5-6-18(25-12-9-23-17(20(25)27)13-15(2)3)21(28)24-10-7-16(8-11-24)14-19(22)26/h15-18,23H,4-14H2,1-3H3,(H2,22,26)/t17-,18?/m0/s1. The maximum atomic E-state index is 13.3. The van der Waals surface area contributed by atoms with Crippen molar-refractivity contribution >= 4 is 17.7 Å². The fraction of sp³-hybridized carbons (Fsp3) is 0.857. The molecule has 0 aromatic carbocycles. The molecule has 7 nitrogen and oxygen atoms in total. The summed E-state index contributed by atoms with van der Waals surface area (Å²) in [6.07, 6.45) is 5.45. The number of piperidine rings is 1. The highest BCUT2D eigenvalue weighted by Crippen LogP contribution is 2.24. The van der Waals surface area contributed by atoms with Crippen LogP contribution < -0.4 is 11.1 Å². The van der Waals surface area contributed by atoms with Crippen LogP contribution in [-0.4, -0.2) is 65.8 Å². The number of likely N-dealkylation sites (tertiary alicyclic amines) is 1. The van der Waals surface area contributed by atoms with Crippen LogP contribution >= 0.6 is 0 Å². The fourth-order valence-corrected chi connectivity index (χ4v) is 4.38. The SMILES string of the molecule is CCCCC(C(=O)N1CCC(CC(N)=O)CC1)N1CCN[C@@H](CC(C)C)C1=O. The molecule has 2 saturated heterocycles. The van der Waals surface area contributed by atoms with Crippen molar-refractivity contribution in [1.29, 1.82) is 0 Å². The normalized spacial score (nSPS) is 22.6. The molecule has 2 aliphatic rings. The van der Waals surface area contributed by atoms with Crippen molar-refractivity contribution in [2.45, 2.75) is 77.8 Å². The van der Waals surface area contributed by atoms with Gasteiger partial charge in [0, 0.05) is 32.6 Å². The van der Waals surface area contributed by atoms with E-state index in [0.717, 1.165) is 45.1 Å². The number of carbonyl (C=O) groups is 3. The van der Waals surface area contributed by atoms with Gasteiger partial charge in [0.2, 0.25) is 17.7 Å². The summed E-state index contributed by atoms with van der Waals surface area (Å²) in [4.78, 5) is 41.3. The van der Waals surface area contributed by atoms with Crippen molar-refractivity contribution in [3.05, 3.63) is 0 Å². The van der Waals surface area contributed by atoms with Crippen LogP contribution in [0.2, 0.25) is 0 Å². The van der Waals surface area contributed by atoms with Crippen LogP contribution in [0.1, 0.15) is 65.7 Å². The Bertz CT molecular complexity index is 544. The third-order valence-electron chi connectivity index (χ3n) is 5.94. The van der Waals surface area contributed by atoms with Crippen LogP contribution in [0.5, 0.6) is 0 Å². The molecular weight excluding hydrogens is 356 g/mol. The van der Waals surface area contributed by atoms with E-state index in [0.29, 0.717) is 32.0 Å². The Morgan fingerprint density at radius 3 is 2.46 bits per heavy atom. The number of hydrogen-bond acceptors (Lipinski definition) is 4. The number of primary amides is 1. The Hall–Kier alpha value is -1.63. The summed E-state index contributed by atoms with van der Waals surface area (Å²) in [5, 5.41) is 3.32. The van der Waals surface area contributed by atoms with Crippen LogP contribution in [0.4, 0.5) is 0 Å². The summed E-state index contributed by atoms with van der Waals surface area (Å²) < 4.78 is 0. The van der Waals surface area contributed by atoms with Crippen LogP contribution in [-0.2, 0) is 14.4 Å². The summed E-state index contributed by atoms with van der Waals surface area (Å²) in [5.74, 6) is 0.568. The Balaban J connectivity index is 2.04. The topological polar surface area (TPSA) is 95.7 Å². The molecule has 2 aliphatic heterocycles. The average molecular weight is 395 g/mol. The number of carbonyl (C=O) groups excluding carboxylic acids is 3. The van der Waals surface area contributed by atoms with Gasteiger partial charge in [0.15, 0.2) is 0 Å². The van der Waals surface area contributed by atoms with Crippen molar-refractivity contribution in [2.75, 3.05) is 26.2 Å². The highest BCUT2D eigenvalue weighted by molar-refractivity contribution is 5.90. The highest BCUT2D eigenvalue weighted by Gasteiger charge is 2.38. The fourth-order valence-electron chi connectivity index (χ4n) is 4.38. The van der Waals surface area contributed by atoms with Gasteiger partial charge < -0.3 is 20.9 Å². The first-order valence-corrected chi connectivity index (χ1v) is 10.9. The second kappa shape index (κ2) is 10.8. The Morgan fingerprint density at radius 2 is 1.89 bits per heavy atom. The molecule has 2 atom stereocenters. The van der Waals surface area contributed by atoms with E-state index in [1.807, 2.05) is 9.80 Å². The predicted molar refractivity (Wildman–Crippen MR) is 109 cm³/mol. The van der Waals surface area contributed by atoms with Crippen LogP contribution in [0.15, 0.2) is 0 Å². The van der Waals surface area contributed by atoms with Gasteiger partial charge in [0.1, 0.15) is 6.04 Å². The summed E-state index contributed by atoms with van der Waals surface area (Å²) in [5.41, 5.74) is 5.31. The summed E-state index contributed by atoms with van der Waals surface area (Å²) in [7, 11) is 0. The van der Waals surface area contributed by atoms with E-state index in [9.17, 15) is 14.4 Å². The van der Waals surface area contributed by atoms with Gasteiger partial charge in [-0.05, 0) is 37.5 Å². The molecule has 0 aliphatic carbocycles. The minimum Gasteiger partial charge on any atom is -0.370 e. The number of nitrogens with two attached hydrogens (primary N) is 1. The molecule has 0 saturated carbocycles. The number of piperazine rings is 1. The smallest absolute Gasteiger partial charge is 0.245 e. The highest BCUT2D eigenvalue weighted by atomic mass is 16.2. The number of rotatable bonds is 9.